The number of rotatable bonds is 5. The highest BCUT2D eigenvalue weighted by Crippen LogP contribution is 2.23. The van der Waals surface area contributed by atoms with E-state index in [0.29, 0.717) is 12.1 Å². The molecule has 1 aliphatic rings. The lowest BCUT2D eigenvalue weighted by Gasteiger charge is -2.37. The summed E-state index contributed by atoms with van der Waals surface area (Å²) in [5.41, 5.74) is 3.26. The number of fused-ring (bicyclic) bond motifs is 1. The van der Waals surface area contributed by atoms with Gasteiger partial charge in [0.2, 0.25) is 0 Å². The van der Waals surface area contributed by atoms with E-state index in [0.717, 1.165) is 41.8 Å². The first kappa shape index (κ1) is 19.6. The maximum atomic E-state index is 12.7. The molecule has 1 atom stereocenters. The molecule has 29 heavy (non-hydrogen) atoms. The van der Waals surface area contributed by atoms with Gasteiger partial charge >= 0.3 is 0 Å². The van der Waals surface area contributed by atoms with Crippen LogP contribution in [0.3, 0.4) is 0 Å². The molecule has 2 aromatic heterocycles. The largest absolute Gasteiger partial charge is 0.350 e. The molecule has 0 saturated carbocycles. The van der Waals surface area contributed by atoms with E-state index in [9.17, 15) is 9.59 Å². The van der Waals surface area contributed by atoms with Gasteiger partial charge in [0.1, 0.15) is 5.82 Å². The van der Waals surface area contributed by atoms with Crippen LogP contribution in [-0.2, 0) is 0 Å². The first-order valence-corrected chi connectivity index (χ1v) is 10.9. The predicted molar refractivity (Wildman–Crippen MR) is 116 cm³/mol. The van der Waals surface area contributed by atoms with E-state index >= 15 is 0 Å². The molecule has 8 heteroatoms. The van der Waals surface area contributed by atoms with Crippen molar-refractivity contribution in [2.24, 2.45) is 0 Å². The monoisotopic (exact) mass is 411 g/mol. The standard InChI is InChI=1S/C21H25N5O2S/c1-14(2)26-20(27)9-8-19(24-26)25-10-4-3-5-16(25)12-22-21(28)15-6-7-17-18(11-15)29-13-23-17/h6-9,11,13-14,16H,3-5,10,12H2,1-2H3,(H,22,28). The van der Waals surface area contributed by atoms with Gasteiger partial charge in [0.05, 0.1) is 21.8 Å². The van der Waals surface area contributed by atoms with E-state index in [2.05, 4.69) is 20.3 Å². The van der Waals surface area contributed by atoms with Crippen LogP contribution in [0, 0.1) is 0 Å². The number of nitrogens with one attached hydrogen (secondary N) is 1. The number of piperidine rings is 1. The maximum absolute atomic E-state index is 12.7. The van der Waals surface area contributed by atoms with Crippen LogP contribution in [-0.4, -0.2) is 39.8 Å². The van der Waals surface area contributed by atoms with Gasteiger partial charge in [-0.05, 0) is 57.4 Å². The predicted octanol–water partition coefficient (Wildman–Crippen LogP) is 3.22. The fraction of sp³-hybridized carbons (Fsp3) is 0.429. The van der Waals surface area contributed by atoms with Crippen LogP contribution in [0.1, 0.15) is 49.5 Å². The van der Waals surface area contributed by atoms with Gasteiger partial charge in [-0.15, -0.1) is 11.3 Å². The Morgan fingerprint density at radius 2 is 2.14 bits per heavy atom. The number of anilines is 1. The van der Waals surface area contributed by atoms with Crippen molar-refractivity contribution in [2.45, 2.75) is 45.2 Å². The molecule has 0 bridgehead atoms. The average molecular weight is 412 g/mol. The second-order valence-electron chi connectivity index (χ2n) is 7.66. The van der Waals surface area contributed by atoms with Crippen molar-refractivity contribution in [3.63, 3.8) is 0 Å². The number of carbonyl (C=O) groups excluding carboxylic acids is 1. The molecule has 0 radical (unpaired) electrons. The summed E-state index contributed by atoms with van der Waals surface area (Å²) in [6.45, 7) is 5.32. The van der Waals surface area contributed by atoms with Crippen LogP contribution in [0.25, 0.3) is 10.2 Å². The van der Waals surface area contributed by atoms with Crippen LogP contribution < -0.4 is 15.8 Å². The molecule has 3 aromatic rings. The highest BCUT2D eigenvalue weighted by molar-refractivity contribution is 7.16. The number of carbonyl (C=O) groups is 1. The molecule has 1 unspecified atom stereocenters. The molecule has 0 spiro atoms. The van der Waals surface area contributed by atoms with Crippen molar-refractivity contribution in [1.82, 2.24) is 20.1 Å². The zero-order valence-corrected chi connectivity index (χ0v) is 17.5. The third-order valence-corrected chi connectivity index (χ3v) is 6.10. The average Bonchev–Trinajstić information content (AvgIpc) is 3.20. The Hall–Kier alpha value is -2.74. The number of nitrogens with zero attached hydrogens (tertiary/aromatic N) is 4. The molecule has 1 saturated heterocycles. The van der Waals surface area contributed by atoms with Gasteiger partial charge in [-0.1, -0.05) is 0 Å². The number of amides is 1. The summed E-state index contributed by atoms with van der Waals surface area (Å²) >= 11 is 1.53. The minimum atomic E-state index is -0.0935. The Morgan fingerprint density at radius 3 is 2.97 bits per heavy atom. The summed E-state index contributed by atoms with van der Waals surface area (Å²) in [6, 6.07) is 9.12. The fourth-order valence-corrected chi connectivity index (χ4v) is 4.48. The van der Waals surface area contributed by atoms with Gasteiger partial charge in [-0.2, -0.15) is 5.10 Å². The van der Waals surface area contributed by atoms with Gasteiger partial charge in [-0.3, -0.25) is 9.59 Å². The van der Waals surface area contributed by atoms with Crippen molar-refractivity contribution in [3.05, 3.63) is 51.8 Å². The van der Waals surface area contributed by atoms with Crippen LogP contribution in [0.15, 0.2) is 40.6 Å². The molecule has 7 nitrogen and oxygen atoms in total. The zero-order valence-electron chi connectivity index (χ0n) is 16.7. The van der Waals surface area contributed by atoms with Crippen LogP contribution in [0.2, 0.25) is 0 Å². The Bertz CT molecular complexity index is 1070. The minimum Gasteiger partial charge on any atom is -0.350 e. The molecule has 1 N–H and O–H groups in total. The van der Waals surface area contributed by atoms with E-state index in [1.54, 1.807) is 17.6 Å². The first-order chi connectivity index (χ1) is 14.0. The third kappa shape index (κ3) is 4.17. The van der Waals surface area contributed by atoms with E-state index < -0.39 is 0 Å². The number of hydrogen-bond donors (Lipinski definition) is 1. The highest BCUT2D eigenvalue weighted by Gasteiger charge is 2.25. The van der Waals surface area contributed by atoms with Crippen LogP contribution in [0.4, 0.5) is 5.82 Å². The summed E-state index contributed by atoms with van der Waals surface area (Å²) in [6.07, 6.45) is 3.18. The number of aromatic nitrogens is 3. The molecule has 1 aromatic carbocycles. The maximum Gasteiger partial charge on any atom is 0.267 e. The molecule has 1 aliphatic heterocycles. The van der Waals surface area contributed by atoms with Gasteiger partial charge in [-0.25, -0.2) is 9.67 Å². The van der Waals surface area contributed by atoms with Crippen molar-refractivity contribution >= 4 is 33.3 Å². The fourth-order valence-electron chi connectivity index (χ4n) is 3.76. The lowest BCUT2D eigenvalue weighted by molar-refractivity contribution is 0.0949. The van der Waals surface area contributed by atoms with Crippen molar-refractivity contribution < 1.29 is 4.79 Å². The summed E-state index contributed by atoms with van der Waals surface area (Å²) in [5, 5.41) is 7.65. The number of thiazole rings is 1. The lowest BCUT2D eigenvalue weighted by Crippen LogP contribution is -2.47. The van der Waals surface area contributed by atoms with E-state index in [1.807, 2.05) is 32.0 Å². The van der Waals surface area contributed by atoms with Crippen molar-refractivity contribution in [1.29, 1.82) is 0 Å². The molecule has 3 heterocycles. The van der Waals surface area contributed by atoms with Crippen LogP contribution in [0.5, 0.6) is 0 Å². The first-order valence-electron chi connectivity index (χ1n) is 10.0. The summed E-state index contributed by atoms with van der Waals surface area (Å²) in [5.74, 6) is 0.717. The highest BCUT2D eigenvalue weighted by atomic mass is 32.1. The number of hydrogen-bond acceptors (Lipinski definition) is 6. The van der Waals surface area contributed by atoms with E-state index in [4.69, 9.17) is 0 Å². The molecule has 4 rings (SSSR count). The van der Waals surface area contributed by atoms with Gasteiger partial charge < -0.3 is 10.2 Å². The Kier molecular flexibility index (Phi) is 5.62. The Balaban J connectivity index is 1.48. The molecule has 152 valence electrons. The molecular weight excluding hydrogens is 386 g/mol. The molecular formula is C21H25N5O2S. The summed E-state index contributed by atoms with van der Waals surface area (Å²) in [4.78, 5) is 31.2. The Morgan fingerprint density at radius 1 is 1.28 bits per heavy atom. The molecule has 1 amide bonds. The minimum absolute atomic E-state index is 0.00653. The van der Waals surface area contributed by atoms with Gasteiger partial charge in [0.25, 0.3) is 11.5 Å². The summed E-state index contributed by atoms with van der Waals surface area (Å²) in [7, 11) is 0. The van der Waals surface area contributed by atoms with Crippen molar-refractivity contribution in [2.75, 3.05) is 18.0 Å². The topological polar surface area (TPSA) is 80.1 Å². The molecule has 0 aliphatic carbocycles. The Labute approximate surface area is 173 Å². The molecule has 1 fully saturated rings. The second-order valence-corrected chi connectivity index (χ2v) is 8.54. The lowest BCUT2D eigenvalue weighted by atomic mass is 10.0. The quantitative estimate of drug-likeness (QED) is 0.697. The SMILES string of the molecule is CC(C)n1nc(N2CCCCC2CNC(=O)c2ccc3ncsc3c2)ccc1=O. The van der Waals surface area contributed by atoms with E-state index in [-0.39, 0.29) is 23.6 Å². The van der Waals surface area contributed by atoms with Gasteiger partial charge in [0, 0.05) is 30.8 Å². The van der Waals surface area contributed by atoms with Gasteiger partial charge in [0.15, 0.2) is 0 Å². The number of benzene rings is 1. The van der Waals surface area contributed by atoms with E-state index in [1.165, 1.54) is 16.0 Å². The second kappa shape index (κ2) is 8.32. The zero-order chi connectivity index (χ0) is 20.4. The normalized spacial score (nSPS) is 17.1. The van der Waals surface area contributed by atoms with Crippen molar-refractivity contribution in [3.8, 4) is 0 Å². The van der Waals surface area contributed by atoms with Crippen LogP contribution >= 0.6 is 11.3 Å². The third-order valence-electron chi connectivity index (χ3n) is 5.31. The smallest absolute Gasteiger partial charge is 0.267 e. The summed E-state index contributed by atoms with van der Waals surface area (Å²) < 4.78 is 2.53.